The molecule has 0 aromatic heterocycles. The molecule has 2 atom stereocenters. The molecule has 0 aliphatic heterocycles. The maximum absolute atomic E-state index is 11.2. The van der Waals surface area contributed by atoms with Crippen LogP contribution in [-0.2, 0) is 9.36 Å². The standard InChI is InChI=1S/C6H15N2O4P.2ClH/c7-2-4-13(11,12)3-1-5(8)6(9)10;;/h5H,1-4,7-8H2,(H,9,10)(H,11,12);2*1H/t5-;;/m0../s1. The molecule has 0 aliphatic carbocycles. The summed E-state index contributed by atoms with van der Waals surface area (Å²) in [5.41, 5.74) is 10.3. The summed E-state index contributed by atoms with van der Waals surface area (Å²) in [6, 6.07) is -1.07. The minimum atomic E-state index is -3.25. The number of carboxylic acids is 1. The Balaban J connectivity index is -0.000000720. The van der Waals surface area contributed by atoms with Crippen molar-refractivity contribution in [2.75, 3.05) is 18.9 Å². The van der Waals surface area contributed by atoms with Gasteiger partial charge in [0, 0.05) is 18.9 Å². The fourth-order valence-electron chi connectivity index (χ4n) is 0.778. The SMILES string of the molecule is Cl.Cl.NCCP(=O)(O)CC[C@H](N)C(=O)O. The van der Waals surface area contributed by atoms with Gasteiger partial charge in [0.25, 0.3) is 0 Å². The third-order valence-electron chi connectivity index (χ3n) is 1.59. The van der Waals surface area contributed by atoms with Gasteiger partial charge in [-0.05, 0) is 6.42 Å². The van der Waals surface area contributed by atoms with Gasteiger partial charge in [-0.1, -0.05) is 0 Å². The molecule has 0 fully saturated rings. The molecule has 15 heavy (non-hydrogen) atoms. The highest BCUT2D eigenvalue weighted by atomic mass is 35.5. The summed E-state index contributed by atoms with van der Waals surface area (Å²) in [6.07, 6.45) is -0.0693. The van der Waals surface area contributed by atoms with Crippen LogP contribution in [0.4, 0.5) is 0 Å². The maximum atomic E-state index is 11.2. The van der Waals surface area contributed by atoms with Gasteiger partial charge in [-0.15, -0.1) is 24.8 Å². The summed E-state index contributed by atoms with van der Waals surface area (Å²) in [6.45, 7) is 0.121. The van der Waals surface area contributed by atoms with Gasteiger partial charge in [-0.3, -0.25) is 9.36 Å². The predicted octanol–water partition coefficient (Wildman–Crippen LogP) is -0.139. The number of aliphatic carboxylic acids is 1. The van der Waals surface area contributed by atoms with E-state index in [2.05, 4.69) is 0 Å². The Hall–Kier alpha value is 0.160. The number of carbonyl (C=O) groups is 1. The number of hydrogen-bond donors (Lipinski definition) is 4. The molecule has 1 unspecified atom stereocenters. The largest absolute Gasteiger partial charge is 0.480 e. The van der Waals surface area contributed by atoms with Crippen molar-refractivity contribution in [3.8, 4) is 0 Å². The molecule has 6 N–H and O–H groups in total. The van der Waals surface area contributed by atoms with Crippen LogP contribution >= 0.6 is 32.2 Å². The van der Waals surface area contributed by atoms with Gasteiger partial charge < -0.3 is 21.5 Å². The molecule has 0 aromatic rings. The molecular formula is C6H17Cl2N2O4P. The van der Waals surface area contributed by atoms with Gasteiger partial charge >= 0.3 is 5.97 Å². The van der Waals surface area contributed by atoms with E-state index >= 15 is 0 Å². The summed E-state index contributed by atoms with van der Waals surface area (Å²) in [4.78, 5) is 19.4. The van der Waals surface area contributed by atoms with E-state index in [4.69, 9.17) is 16.6 Å². The fourth-order valence-corrected chi connectivity index (χ4v) is 2.09. The van der Waals surface area contributed by atoms with Crippen molar-refractivity contribution < 1.29 is 19.4 Å². The van der Waals surface area contributed by atoms with Crippen LogP contribution in [0.15, 0.2) is 0 Å². The predicted molar refractivity (Wildman–Crippen MR) is 63.3 cm³/mol. The van der Waals surface area contributed by atoms with Crippen LogP contribution in [0.1, 0.15) is 6.42 Å². The normalized spacial score (nSPS) is 15.4. The third kappa shape index (κ3) is 10.4. The molecule has 6 nitrogen and oxygen atoms in total. The van der Waals surface area contributed by atoms with Crippen molar-refractivity contribution in [2.24, 2.45) is 11.5 Å². The molecule has 94 valence electrons. The van der Waals surface area contributed by atoms with Crippen LogP contribution in [-0.4, -0.2) is 40.9 Å². The molecule has 0 rings (SSSR count). The molecule has 0 spiro atoms. The van der Waals surface area contributed by atoms with Gasteiger partial charge in [-0.2, -0.15) is 0 Å². The summed E-state index contributed by atoms with van der Waals surface area (Å²) in [5.74, 6) is -1.16. The van der Waals surface area contributed by atoms with Crippen molar-refractivity contribution in [3.05, 3.63) is 0 Å². The molecule has 0 heterocycles. The Labute approximate surface area is 101 Å². The lowest BCUT2D eigenvalue weighted by Gasteiger charge is -2.11. The van der Waals surface area contributed by atoms with Crippen LogP contribution in [0.25, 0.3) is 0 Å². The van der Waals surface area contributed by atoms with E-state index in [1.54, 1.807) is 0 Å². The van der Waals surface area contributed by atoms with Gasteiger partial charge in [0.05, 0.1) is 0 Å². The highest BCUT2D eigenvalue weighted by molar-refractivity contribution is 7.58. The van der Waals surface area contributed by atoms with Gasteiger partial charge in [0.15, 0.2) is 0 Å². The first-order valence-electron chi connectivity index (χ1n) is 3.88. The lowest BCUT2D eigenvalue weighted by molar-refractivity contribution is -0.138. The van der Waals surface area contributed by atoms with Crippen molar-refractivity contribution in [1.29, 1.82) is 0 Å². The first kappa shape index (κ1) is 20.6. The minimum absolute atomic E-state index is 0. The van der Waals surface area contributed by atoms with E-state index in [1.807, 2.05) is 0 Å². The number of nitrogens with two attached hydrogens (primary N) is 2. The van der Waals surface area contributed by atoms with Crippen LogP contribution in [0.2, 0.25) is 0 Å². The fraction of sp³-hybridized carbons (Fsp3) is 0.833. The minimum Gasteiger partial charge on any atom is -0.480 e. The van der Waals surface area contributed by atoms with E-state index in [0.717, 1.165) is 0 Å². The van der Waals surface area contributed by atoms with Gasteiger partial charge in [-0.25, -0.2) is 0 Å². The molecule has 0 amide bonds. The van der Waals surface area contributed by atoms with Crippen LogP contribution in [0.3, 0.4) is 0 Å². The second-order valence-electron chi connectivity index (χ2n) is 2.82. The van der Waals surface area contributed by atoms with Crippen molar-refractivity contribution in [1.82, 2.24) is 0 Å². The van der Waals surface area contributed by atoms with E-state index < -0.39 is 19.4 Å². The molecular weight excluding hydrogens is 266 g/mol. The molecule has 0 aliphatic rings. The van der Waals surface area contributed by atoms with Crippen LogP contribution in [0, 0.1) is 0 Å². The second kappa shape index (κ2) is 9.39. The molecule has 0 bridgehead atoms. The van der Waals surface area contributed by atoms with Crippen LogP contribution < -0.4 is 11.5 Å². The first-order valence-corrected chi connectivity index (χ1v) is 5.91. The van der Waals surface area contributed by atoms with E-state index in [0.29, 0.717) is 0 Å². The van der Waals surface area contributed by atoms with E-state index in [1.165, 1.54) is 0 Å². The Bertz CT molecular complexity index is 229. The Kier molecular flexibility index (Phi) is 12.9. The summed E-state index contributed by atoms with van der Waals surface area (Å²) in [5, 5.41) is 8.39. The summed E-state index contributed by atoms with van der Waals surface area (Å²) < 4.78 is 11.2. The zero-order chi connectivity index (χ0) is 10.5. The van der Waals surface area contributed by atoms with Crippen molar-refractivity contribution in [3.63, 3.8) is 0 Å². The highest BCUT2D eigenvalue weighted by Crippen LogP contribution is 2.40. The summed E-state index contributed by atoms with van der Waals surface area (Å²) >= 11 is 0. The Morgan fingerprint density at radius 2 is 1.80 bits per heavy atom. The number of halogens is 2. The lowest BCUT2D eigenvalue weighted by Crippen LogP contribution is -2.31. The van der Waals surface area contributed by atoms with Crippen molar-refractivity contribution >= 4 is 38.2 Å². The quantitative estimate of drug-likeness (QED) is 0.502. The molecule has 0 radical (unpaired) electrons. The zero-order valence-corrected chi connectivity index (χ0v) is 10.6. The molecule has 0 saturated heterocycles. The smallest absolute Gasteiger partial charge is 0.320 e. The van der Waals surface area contributed by atoms with Gasteiger partial charge in [0.2, 0.25) is 7.37 Å². The molecule has 0 aromatic carbocycles. The molecule has 0 saturated carbocycles. The Morgan fingerprint density at radius 3 is 2.13 bits per heavy atom. The second-order valence-corrected chi connectivity index (χ2v) is 5.40. The first-order chi connectivity index (χ1) is 5.89. The van der Waals surface area contributed by atoms with E-state index in [-0.39, 0.29) is 50.1 Å². The van der Waals surface area contributed by atoms with Crippen molar-refractivity contribution in [2.45, 2.75) is 12.5 Å². The average molecular weight is 283 g/mol. The number of carboxylic acid groups (broad SMARTS) is 1. The topological polar surface area (TPSA) is 127 Å². The zero-order valence-electron chi connectivity index (χ0n) is 8.04. The third-order valence-corrected chi connectivity index (χ3v) is 3.50. The van der Waals surface area contributed by atoms with Gasteiger partial charge in [0.1, 0.15) is 6.04 Å². The average Bonchev–Trinajstić information content (AvgIpc) is 2.00. The number of rotatable bonds is 6. The maximum Gasteiger partial charge on any atom is 0.320 e. The van der Waals surface area contributed by atoms with Crippen LogP contribution in [0.5, 0.6) is 0 Å². The van der Waals surface area contributed by atoms with E-state index in [9.17, 15) is 14.3 Å². The number of hydrogen-bond acceptors (Lipinski definition) is 4. The Morgan fingerprint density at radius 1 is 1.33 bits per heavy atom. The molecule has 9 heteroatoms. The monoisotopic (exact) mass is 282 g/mol. The highest BCUT2D eigenvalue weighted by Gasteiger charge is 2.20. The summed E-state index contributed by atoms with van der Waals surface area (Å²) in [7, 11) is -3.25. The lowest BCUT2D eigenvalue weighted by atomic mass is 10.2.